The molecule has 1 amide bonds. The van der Waals surface area contributed by atoms with Crippen LogP contribution in [0.15, 0.2) is 30.5 Å². The summed E-state index contributed by atoms with van der Waals surface area (Å²) >= 11 is 5.90. The topological polar surface area (TPSA) is 86.5 Å². The zero-order valence-electron chi connectivity index (χ0n) is 11.5. The van der Waals surface area contributed by atoms with Crippen LogP contribution in [-0.2, 0) is 0 Å². The van der Waals surface area contributed by atoms with Gasteiger partial charge in [-0.3, -0.25) is 4.79 Å². The quantitative estimate of drug-likeness (QED) is 0.848. The van der Waals surface area contributed by atoms with Crippen molar-refractivity contribution >= 4 is 28.9 Å². The summed E-state index contributed by atoms with van der Waals surface area (Å²) < 4.78 is 10.3. The van der Waals surface area contributed by atoms with E-state index in [0.29, 0.717) is 22.9 Å². The number of halogens is 1. The fourth-order valence-corrected chi connectivity index (χ4v) is 1.90. The number of ether oxygens (including phenoxy) is 2. The van der Waals surface area contributed by atoms with E-state index in [1.54, 1.807) is 25.3 Å². The summed E-state index contributed by atoms with van der Waals surface area (Å²) in [5, 5.41) is 2.78. The first-order valence-electron chi connectivity index (χ1n) is 5.99. The van der Waals surface area contributed by atoms with Gasteiger partial charge in [-0.2, -0.15) is 0 Å². The number of methoxy groups -OCH3 is 2. The number of nitrogens with one attached hydrogen (secondary N) is 1. The average molecular weight is 308 g/mol. The number of nitrogens with two attached hydrogens (primary N) is 1. The number of aromatic nitrogens is 1. The number of nitrogens with zero attached hydrogens (tertiary/aromatic N) is 1. The Balaban J connectivity index is 2.29. The van der Waals surface area contributed by atoms with Crippen LogP contribution in [0.25, 0.3) is 0 Å². The molecule has 2 rings (SSSR count). The van der Waals surface area contributed by atoms with Gasteiger partial charge in [-0.1, -0.05) is 11.6 Å². The Labute approximate surface area is 126 Å². The number of rotatable bonds is 4. The number of anilines is 2. The molecule has 0 aliphatic heterocycles. The molecular formula is C14H14ClN3O3. The molecule has 0 saturated carbocycles. The molecule has 0 unspecified atom stereocenters. The van der Waals surface area contributed by atoms with Gasteiger partial charge in [-0.25, -0.2) is 4.98 Å². The lowest BCUT2D eigenvalue weighted by Crippen LogP contribution is -2.14. The van der Waals surface area contributed by atoms with Crippen molar-refractivity contribution in [1.82, 2.24) is 4.98 Å². The van der Waals surface area contributed by atoms with E-state index >= 15 is 0 Å². The number of benzene rings is 1. The van der Waals surface area contributed by atoms with E-state index in [0.717, 1.165) is 0 Å². The normalized spacial score (nSPS) is 10.0. The van der Waals surface area contributed by atoms with Gasteiger partial charge in [0.2, 0.25) is 0 Å². The van der Waals surface area contributed by atoms with Crippen LogP contribution in [0.4, 0.5) is 11.4 Å². The van der Waals surface area contributed by atoms with Gasteiger partial charge in [-0.15, -0.1) is 0 Å². The van der Waals surface area contributed by atoms with Crippen molar-refractivity contribution in [3.05, 3.63) is 41.2 Å². The van der Waals surface area contributed by atoms with E-state index in [-0.39, 0.29) is 10.7 Å². The Morgan fingerprint density at radius 1 is 1.29 bits per heavy atom. The predicted molar refractivity (Wildman–Crippen MR) is 81.2 cm³/mol. The zero-order valence-corrected chi connectivity index (χ0v) is 12.3. The summed E-state index contributed by atoms with van der Waals surface area (Å²) in [6, 6.07) is 6.50. The molecule has 0 radical (unpaired) electrons. The molecule has 6 nitrogen and oxygen atoms in total. The molecular weight excluding hydrogens is 294 g/mol. The van der Waals surface area contributed by atoms with Crippen LogP contribution >= 0.6 is 11.6 Å². The first-order valence-corrected chi connectivity index (χ1v) is 6.37. The standard InChI is InChI=1S/C14H14ClN3O3/c1-20-9-3-4-11(12(6-9)21-2)18-14(19)10-5-8(16)7-17-13(10)15/h3-7H,16H2,1-2H3,(H,18,19). The SMILES string of the molecule is COc1ccc(NC(=O)c2cc(N)cnc2Cl)c(OC)c1. The second-order valence-electron chi connectivity index (χ2n) is 4.13. The van der Waals surface area contributed by atoms with Gasteiger partial charge >= 0.3 is 0 Å². The summed E-state index contributed by atoms with van der Waals surface area (Å²) in [7, 11) is 3.05. The number of pyridine rings is 1. The lowest BCUT2D eigenvalue weighted by molar-refractivity contribution is 0.102. The number of hydrogen-bond acceptors (Lipinski definition) is 5. The highest BCUT2D eigenvalue weighted by atomic mass is 35.5. The van der Waals surface area contributed by atoms with E-state index in [2.05, 4.69) is 10.3 Å². The third kappa shape index (κ3) is 3.35. The Hall–Kier alpha value is -2.47. The first kappa shape index (κ1) is 14.9. The molecule has 110 valence electrons. The average Bonchev–Trinajstić information content (AvgIpc) is 2.49. The fraction of sp³-hybridized carbons (Fsp3) is 0.143. The van der Waals surface area contributed by atoms with Gasteiger partial charge in [0, 0.05) is 6.07 Å². The second-order valence-corrected chi connectivity index (χ2v) is 4.49. The van der Waals surface area contributed by atoms with Crippen LogP contribution in [0.5, 0.6) is 11.5 Å². The van der Waals surface area contributed by atoms with Gasteiger partial charge in [0.25, 0.3) is 5.91 Å². The molecule has 1 aromatic carbocycles. The molecule has 0 aliphatic rings. The van der Waals surface area contributed by atoms with Crippen molar-refractivity contribution < 1.29 is 14.3 Å². The van der Waals surface area contributed by atoms with E-state index in [4.69, 9.17) is 26.8 Å². The number of hydrogen-bond donors (Lipinski definition) is 2. The predicted octanol–water partition coefficient (Wildman–Crippen LogP) is 2.59. The highest BCUT2D eigenvalue weighted by molar-refractivity contribution is 6.33. The molecule has 0 atom stereocenters. The van der Waals surface area contributed by atoms with Crippen molar-refractivity contribution in [3.63, 3.8) is 0 Å². The van der Waals surface area contributed by atoms with Gasteiger partial charge in [0.1, 0.15) is 16.7 Å². The Morgan fingerprint density at radius 3 is 2.71 bits per heavy atom. The summed E-state index contributed by atoms with van der Waals surface area (Å²) in [6.07, 6.45) is 1.38. The molecule has 1 heterocycles. The number of nitrogen functional groups attached to an aromatic ring is 1. The molecule has 0 saturated heterocycles. The maximum Gasteiger partial charge on any atom is 0.258 e. The molecule has 7 heteroatoms. The largest absolute Gasteiger partial charge is 0.497 e. The third-order valence-corrected chi connectivity index (χ3v) is 3.06. The van der Waals surface area contributed by atoms with Crippen LogP contribution in [0.2, 0.25) is 5.15 Å². The van der Waals surface area contributed by atoms with Crippen molar-refractivity contribution in [2.45, 2.75) is 0 Å². The van der Waals surface area contributed by atoms with Gasteiger partial charge in [-0.05, 0) is 18.2 Å². The van der Waals surface area contributed by atoms with Crippen molar-refractivity contribution in [1.29, 1.82) is 0 Å². The van der Waals surface area contributed by atoms with Crippen LogP contribution in [-0.4, -0.2) is 25.1 Å². The van der Waals surface area contributed by atoms with Crippen LogP contribution in [0, 0.1) is 0 Å². The minimum atomic E-state index is -0.428. The Morgan fingerprint density at radius 2 is 2.05 bits per heavy atom. The van der Waals surface area contributed by atoms with Crippen molar-refractivity contribution in [3.8, 4) is 11.5 Å². The zero-order chi connectivity index (χ0) is 15.4. The van der Waals surface area contributed by atoms with Crippen LogP contribution in [0.3, 0.4) is 0 Å². The van der Waals surface area contributed by atoms with Crippen LogP contribution in [0.1, 0.15) is 10.4 Å². The highest BCUT2D eigenvalue weighted by Crippen LogP contribution is 2.29. The van der Waals surface area contributed by atoms with Crippen LogP contribution < -0.4 is 20.5 Å². The van der Waals surface area contributed by atoms with E-state index in [1.807, 2.05) is 0 Å². The molecule has 0 bridgehead atoms. The molecule has 1 aromatic heterocycles. The van der Waals surface area contributed by atoms with E-state index in [1.165, 1.54) is 19.4 Å². The Bertz CT molecular complexity index is 677. The number of carbonyl (C=O) groups is 1. The molecule has 0 aliphatic carbocycles. The van der Waals surface area contributed by atoms with E-state index < -0.39 is 5.91 Å². The number of carbonyl (C=O) groups excluding carboxylic acids is 1. The molecule has 21 heavy (non-hydrogen) atoms. The van der Waals surface area contributed by atoms with Crippen molar-refractivity contribution in [2.24, 2.45) is 0 Å². The minimum absolute atomic E-state index is 0.0779. The minimum Gasteiger partial charge on any atom is -0.497 e. The molecule has 3 N–H and O–H groups in total. The summed E-state index contributed by atoms with van der Waals surface area (Å²) in [5.74, 6) is 0.660. The summed E-state index contributed by atoms with van der Waals surface area (Å²) in [4.78, 5) is 16.1. The maximum absolute atomic E-state index is 12.2. The molecule has 0 fully saturated rings. The smallest absolute Gasteiger partial charge is 0.258 e. The molecule has 0 spiro atoms. The summed E-state index contributed by atoms with van der Waals surface area (Å²) in [6.45, 7) is 0. The Kier molecular flexibility index (Phi) is 4.49. The lowest BCUT2D eigenvalue weighted by Gasteiger charge is -2.12. The monoisotopic (exact) mass is 307 g/mol. The van der Waals surface area contributed by atoms with Gasteiger partial charge in [0.05, 0.1) is 37.4 Å². The number of amides is 1. The first-order chi connectivity index (χ1) is 10.0. The second kappa shape index (κ2) is 6.32. The summed E-state index contributed by atoms with van der Waals surface area (Å²) in [5.41, 5.74) is 6.64. The molecule has 2 aromatic rings. The highest BCUT2D eigenvalue weighted by Gasteiger charge is 2.14. The van der Waals surface area contributed by atoms with Crippen molar-refractivity contribution in [2.75, 3.05) is 25.3 Å². The van der Waals surface area contributed by atoms with E-state index in [9.17, 15) is 4.79 Å². The maximum atomic E-state index is 12.2. The van der Waals surface area contributed by atoms with Gasteiger partial charge < -0.3 is 20.5 Å². The fourth-order valence-electron chi connectivity index (χ4n) is 1.71. The van der Waals surface area contributed by atoms with Gasteiger partial charge in [0.15, 0.2) is 0 Å². The lowest BCUT2D eigenvalue weighted by atomic mass is 10.2. The third-order valence-electron chi connectivity index (χ3n) is 2.76.